The standard InChI is InChI=1S/C16H15N3O4/c20-16-17-14-4-1-2-5-15(14)18(16)10-3-11-23-13-8-6-12(7-9-13)19(21)22/h1-2,4-9H,3,10-11H2,(H,17,20). The molecule has 1 aromatic heterocycles. The zero-order valence-electron chi connectivity index (χ0n) is 12.3. The number of hydrogen-bond acceptors (Lipinski definition) is 4. The van der Waals surface area contributed by atoms with E-state index in [1.807, 2.05) is 24.3 Å². The molecule has 0 saturated heterocycles. The summed E-state index contributed by atoms with van der Waals surface area (Å²) in [6, 6.07) is 13.5. The molecule has 0 radical (unpaired) electrons. The lowest BCUT2D eigenvalue weighted by Gasteiger charge is -2.06. The number of nitro benzene ring substituents is 1. The van der Waals surface area contributed by atoms with Gasteiger partial charge in [-0.1, -0.05) is 12.1 Å². The van der Waals surface area contributed by atoms with Gasteiger partial charge in [0.2, 0.25) is 0 Å². The van der Waals surface area contributed by atoms with Crippen molar-refractivity contribution in [2.75, 3.05) is 6.61 Å². The van der Waals surface area contributed by atoms with E-state index < -0.39 is 4.92 Å². The van der Waals surface area contributed by atoms with Crippen molar-refractivity contribution < 1.29 is 9.66 Å². The molecule has 0 atom stereocenters. The number of H-pyrrole nitrogens is 1. The molecule has 0 amide bonds. The number of aryl methyl sites for hydroxylation is 1. The van der Waals surface area contributed by atoms with Crippen LogP contribution >= 0.6 is 0 Å². The van der Waals surface area contributed by atoms with E-state index >= 15 is 0 Å². The zero-order valence-corrected chi connectivity index (χ0v) is 12.3. The van der Waals surface area contributed by atoms with Crippen molar-refractivity contribution >= 4 is 16.7 Å². The molecule has 0 unspecified atom stereocenters. The van der Waals surface area contributed by atoms with Crippen molar-refractivity contribution in [1.82, 2.24) is 9.55 Å². The maximum Gasteiger partial charge on any atom is 0.326 e. The minimum atomic E-state index is -0.451. The number of hydrogen-bond donors (Lipinski definition) is 1. The molecule has 1 heterocycles. The van der Waals surface area contributed by atoms with Crippen LogP contribution in [0.2, 0.25) is 0 Å². The first kappa shape index (κ1) is 14.8. The molecule has 0 bridgehead atoms. The van der Waals surface area contributed by atoms with Gasteiger partial charge in [-0.15, -0.1) is 0 Å². The van der Waals surface area contributed by atoms with Crippen molar-refractivity contribution in [3.05, 3.63) is 69.1 Å². The molecular formula is C16H15N3O4. The smallest absolute Gasteiger partial charge is 0.326 e. The molecule has 0 fully saturated rings. The van der Waals surface area contributed by atoms with Gasteiger partial charge in [0, 0.05) is 18.7 Å². The molecule has 7 heteroatoms. The van der Waals surface area contributed by atoms with Crippen molar-refractivity contribution in [2.45, 2.75) is 13.0 Å². The average Bonchev–Trinajstić information content (AvgIpc) is 2.87. The lowest BCUT2D eigenvalue weighted by molar-refractivity contribution is -0.384. The van der Waals surface area contributed by atoms with Crippen LogP contribution in [0.15, 0.2) is 53.3 Å². The Balaban J connectivity index is 1.58. The van der Waals surface area contributed by atoms with Gasteiger partial charge in [-0.3, -0.25) is 14.7 Å². The fourth-order valence-electron chi connectivity index (χ4n) is 2.41. The van der Waals surface area contributed by atoms with Gasteiger partial charge < -0.3 is 9.72 Å². The van der Waals surface area contributed by atoms with Crippen LogP contribution in [-0.2, 0) is 6.54 Å². The Hall–Kier alpha value is -3.09. The van der Waals surface area contributed by atoms with Crippen LogP contribution in [0.3, 0.4) is 0 Å². The zero-order chi connectivity index (χ0) is 16.2. The Labute approximate surface area is 131 Å². The van der Waals surface area contributed by atoms with E-state index in [9.17, 15) is 14.9 Å². The monoisotopic (exact) mass is 313 g/mol. The first-order chi connectivity index (χ1) is 11.1. The maximum atomic E-state index is 11.9. The van der Waals surface area contributed by atoms with Gasteiger partial charge >= 0.3 is 5.69 Å². The van der Waals surface area contributed by atoms with Gasteiger partial charge in [0.15, 0.2) is 0 Å². The number of aromatic amines is 1. The fourth-order valence-corrected chi connectivity index (χ4v) is 2.41. The van der Waals surface area contributed by atoms with Crippen molar-refractivity contribution in [1.29, 1.82) is 0 Å². The predicted octanol–water partition coefficient (Wildman–Crippen LogP) is 2.71. The van der Waals surface area contributed by atoms with Crippen LogP contribution < -0.4 is 10.4 Å². The highest BCUT2D eigenvalue weighted by molar-refractivity contribution is 5.74. The molecule has 23 heavy (non-hydrogen) atoms. The number of imidazole rings is 1. The third kappa shape index (κ3) is 3.23. The molecule has 0 spiro atoms. The molecule has 3 aromatic rings. The number of fused-ring (bicyclic) bond motifs is 1. The first-order valence-electron chi connectivity index (χ1n) is 7.20. The van der Waals surface area contributed by atoms with E-state index in [1.165, 1.54) is 12.1 Å². The first-order valence-corrected chi connectivity index (χ1v) is 7.20. The van der Waals surface area contributed by atoms with Crippen molar-refractivity contribution in [2.24, 2.45) is 0 Å². The van der Waals surface area contributed by atoms with E-state index in [-0.39, 0.29) is 11.4 Å². The van der Waals surface area contributed by atoms with Gasteiger partial charge in [-0.25, -0.2) is 4.79 Å². The molecule has 7 nitrogen and oxygen atoms in total. The second-order valence-electron chi connectivity index (χ2n) is 5.05. The lowest BCUT2D eigenvalue weighted by Crippen LogP contribution is -2.18. The summed E-state index contributed by atoms with van der Waals surface area (Å²) in [6.45, 7) is 0.958. The van der Waals surface area contributed by atoms with Crippen LogP contribution in [0.25, 0.3) is 11.0 Å². The number of non-ortho nitro benzene ring substituents is 1. The van der Waals surface area contributed by atoms with Crippen molar-refractivity contribution in [3.8, 4) is 5.75 Å². The minimum absolute atomic E-state index is 0.0303. The van der Waals surface area contributed by atoms with Crippen LogP contribution in [0.4, 0.5) is 5.69 Å². The van der Waals surface area contributed by atoms with E-state index in [0.29, 0.717) is 25.3 Å². The Kier molecular flexibility index (Phi) is 4.09. The third-order valence-corrected chi connectivity index (χ3v) is 3.52. The van der Waals surface area contributed by atoms with E-state index in [1.54, 1.807) is 16.7 Å². The number of nitrogens with zero attached hydrogens (tertiary/aromatic N) is 2. The second-order valence-corrected chi connectivity index (χ2v) is 5.05. The van der Waals surface area contributed by atoms with Gasteiger partial charge in [-0.05, 0) is 30.7 Å². The predicted molar refractivity (Wildman–Crippen MR) is 85.8 cm³/mol. The normalized spacial score (nSPS) is 10.8. The Morgan fingerprint density at radius 1 is 1.13 bits per heavy atom. The SMILES string of the molecule is O=c1[nH]c2ccccc2n1CCCOc1ccc([N+](=O)[O-])cc1. The summed E-state index contributed by atoms with van der Waals surface area (Å²) < 4.78 is 7.22. The van der Waals surface area contributed by atoms with Gasteiger partial charge in [-0.2, -0.15) is 0 Å². The van der Waals surface area contributed by atoms with Crippen LogP contribution in [0, 0.1) is 10.1 Å². The average molecular weight is 313 g/mol. The lowest BCUT2D eigenvalue weighted by atomic mass is 10.3. The topological polar surface area (TPSA) is 90.2 Å². The second kappa shape index (κ2) is 6.35. The number of rotatable bonds is 6. The molecule has 3 rings (SSSR count). The fraction of sp³-hybridized carbons (Fsp3) is 0.188. The van der Waals surface area contributed by atoms with E-state index in [4.69, 9.17) is 4.74 Å². The van der Waals surface area contributed by atoms with Gasteiger partial charge in [0.1, 0.15) is 5.75 Å². The highest BCUT2D eigenvalue weighted by Gasteiger charge is 2.06. The Bertz CT molecular complexity index is 880. The number of aromatic nitrogens is 2. The number of benzene rings is 2. The summed E-state index contributed by atoms with van der Waals surface area (Å²) >= 11 is 0. The largest absolute Gasteiger partial charge is 0.494 e. The summed E-state index contributed by atoms with van der Waals surface area (Å²) in [5, 5.41) is 10.6. The Morgan fingerprint density at radius 2 is 1.87 bits per heavy atom. The van der Waals surface area contributed by atoms with Crippen LogP contribution in [0.5, 0.6) is 5.75 Å². The molecule has 0 saturated carbocycles. The summed E-state index contributed by atoms with van der Waals surface area (Å²) in [7, 11) is 0. The Morgan fingerprint density at radius 3 is 2.61 bits per heavy atom. The van der Waals surface area contributed by atoms with Crippen molar-refractivity contribution in [3.63, 3.8) is 0 Å². The summed E-state index contributed by atoms with van der Waals surface area (Å²) in [6.07, 6.45) is 0.652. The van der Waals surface area contributed by atoms with E-state index in [2.05, 4.69) is 4.98 Å². The summed E-state index contributed by atoms with van der Waals surface area (Å²) in [5.74, 6) is 0.571. The molecule has 0 aliphatic rings. The number of para-hydroxylation sites is 2. The quantitative estimate of drug-likeness (QED) is 0.430. The summed E-state index contributed by atoms with van der Waals surface area (Å²) in [4.78, 5) is 24.8. The molecule has 1 N–H and O–H groups in total. The van der Waals surface area contributed by atoms with E-state index in [0.717, 1.165) is 11.0 Å². The van der Waals surface area contributed by atoms with Gasteiger partial charge in [0.05, 0.1) is 22.6 Å². The number of nitrogens with one attached hydrogen (secondary N) is 1. The van der Waals surface area contributed by atoms with Crippen LogP contribution in [-0.4, -0.2) is 21.1 Å². The highest BCUT2D eigenvalue weighted by atomic mass is 16.6. The number of ether oxygens (including phenoxy) is 1. The highest BCUT2D eigenvalue weighted by Crippen LogP contribution is 2.17. The molecule has 2 aromatic carbocycles. The molecule has 0 aliphatic heterocycles. The molecule has 118 valence electrons. The summed E-state index contributed by atoms with van der Waals surface area (Å²) in [5.41, 5.74) is 1.57. The van der Waals surface area contributed by atoms with Gasteiger partial charge in [0.25, 0.3) is 5.69 Å². The third-order valence-electron chi connectivity index (χ3n) is 3.52. The maximum absolute atomic E-state index is 11.9. The molecule has 0 aliphatic carbocycles. The number of nitro groups is 1. The molecular weight excluding hydrogens is 298 g/mol. The van der Waals surface area contributed by atoms with Crippen LogP contribution in [0.1, 0.15) is 6.42 Å². The minimum Gasteiger partial charge on any atom is -0.494 e.